The van der Waals surface area contributed by atoms with Crippen LogP contribution in [0.2, 0.25) is 0 Å². The summed E-state index contributed by atoms with van der Waals surface area (Å²) >= 11 is 0. The molecule has 2 unspecified atom stereocenters. The molecule has 114 valence electrons. The summed E-state index contributed by atoms with van der Waals surface area (Å²) in [4.78, 5) is 23.2. The number of hydrogen-bond acceptors (Lipinski definition) is 4. The van der Waals surface area contributed by atoms with Crippen molar-refractivity contribution >= 4 is 11.8 Å². The van der Waals surface area contributed by atoms with Crippen LogP contribution in [0.25, 0.3) is 0 Å². The fraction of sp³-hybridized carbons (Fsp3) is 0.500. The van der Waals surface area contributed by atoms with Gasteiger partial charge in [0.1, 0.15) is 17.6 Å². The van der Waals surface area contributed by atoms with Crippen LogP contribution in [0.1, 0.15) is 43.1 Å². The van der Waals surface area contributed by atoms with E-state index in [1.807, 2.05) is 19.9 Å². The Morgan fingerprint density at radius 2 is 2.19 bits per heavy atom. The Hall–Kier alpha value is -2.04. The standard InChI is InChI=1S/C16H20O5/c1-4-20-14-7-11-6-10(3)21-13(11)8-12(14)16(19)9(2)5-15(17)18/h7-10H,4-6H2,1-3H3,(H,17,18). The van der Waals surface area contributed by atoms with Gasteiger partial charge < -0.3 is 14.6 Å². The van der Waals surface area contributed by atoms with E-state index in [1.54, 1.807) is 13.0 Å². The molecule has 1 aromatic rings. The highest BCUT2D eigenvalue weighted by molar-refractivity contribution is 6.02. The molecule has 1 aromatic carbocycles. The van der Waals surface area contributed by atoms with Gasteiger partial charge in [-0.05, 0) is 26.0 Å². The zero-order valence-electron chi connectivity index (χ0n) is 12.5. The van der Waals surface area contributed by atoms with Crippen LogP contribution in [0.4, 0.5) is 0 Å². The summed E-state index contributed by atoms with van der Waals surface area (Å²) in [6.45, 7) is 5.88. The van der Waals surface area contributed by atoms with Gasteiger partial charge in [-0.25, -0.2) is 0 Å². The average Bonchev–Trinajstić information content (AvgIpc) is 2.75. The zero-order chi connectivity index (χ0) is 15.6. The first kappa shape index (κ1) is 15.4. The topological polar surface area (TPSA) is 72.8 Å². The second-order valence-electron chi connectivity index (χ2n) is 5.38. The highest BCUT2D eigenvalue weighted by atomic mass is 16.5. The summed E-state index contributed by atoms with van der Waals surface area (Å²) in [5, 5.41) is 8.83. The normalized spacial score (nSPS) is 17.8. The van der Waals surface area contributed by atoms with E-state index in [-0.39, 0.29) is 18.3 Å². The molecule has 2 atom stereocenters. The van der Waals surface area contributed by atoms with Gasteiger partial charge in [0.05, 0.1) is 18.6 Å². The number of ether oxygens (including phenoxy) is 2. The van der Waals surface area contributed by atoms with Gasteiger partial charge in [-0.15, -0.1) is 0 Å². The molecule has 0 spiro atoms. The van der Waals surface area contributed by atoms with Gasteiger partial charge in [-0.1, -0.05) is 6.92 Å². The molecule has 0 fully saturated rings. The molecule has 1 heterocycles. The molecule has 0 amide bonds. The average molecular weight is 292 g/mol. The Morgan fingerprint density at radius 3 is 2.81 bits per heavy atom. The van der Waals surface area contributed by atoms with Crippen molar-refractivity contribution in [3.8, 4) is 11.5 Å². The second kappa shape index (κ2) is 6.16. The summed E-state index contributed by atoms with van der Waals surface area (Å²) in [6.07, 6.45) is 0.670. The van der Waals surface area contributed by atoms with Crippen molar-refractivity contribution < 1.29 is 24.2 Å². The number of carbonyl (C=O) groups excluding carboxylic acids is 1. The van der Waals surface area contributed by atoms with E-state index in [1.165, 1.54) is 0 Å². The van der Waals surface area contributed by atoms with Crippen LogP contribution in [0, 0.1) is 5.92 Å². The molecule has 1 N–H and O–H groups in total. The van der Waals surface area contributed by atoms with Gasteiger partial charge in [0.15, 0.2) is 5.78 Å². The second-order valence-corrected chi connectivity index (χ2v) is 5.38. The molecule has 2 rings (SSSR count). The lowest BCUT2D eigenvalue weighted by Gasteiger charge is -2.14. The third-order valence-electron chi connectivity index (χ3n) is 3.49. The highest BCUT2D eigenvalue weighted by Gasteiger charge is 2.27. The molecular weight excluding hydrogens is 272 g/mol. The van der Waals surface area contributed by atoms with Gasteiger partial charge in [0.2, 0.25) is 0 Å². The van der Waals surface area contributed by atoms with Crippen LogP contribution < -0.4 is 9.47 Å². The molecule has 1 aliphatic heterocycles. The van der Waals surface area contributed by atoms with E-state index in [9.17, 15) is 9.59 Å². The minimum absolute atomic E-state index is 0.0799. The largest absolute Gasteiger partial charge is 0.493 e. The monoisotopic (exact) mass is 292 g/mol. The van der Waals surface area contributed by atoms with E-state index < -0.39 is 11.9 Å². The van der Waals surface area contributed by atoms with Crippen LogP contribution >= 0.6 is 0 Å². The molecule has 21 heavy (non-hydrogen) atoms. The van der Waals surface area contributed by atoms with Crippen LogP contribution in [0.15, 0.2) is 12.1 Å². The minimum atomic E-state index is -0.986. The first-order chi connectivity index (χ1) is 9.92. The van der Waals surface area contributed by atoms with E-state index in [0.29, 0.717) is 23.7 Å². The maximum absolute atomic E-state index is 12.5. The summed E-state index contributed by atoms with van der Waals surface area (Å²) in [6, 6.07) is 3.52. The van der Waals surface area contributed by atoms with Crippen molar-refractivity contribution in [3.05, 3.63) is 23.3 Å². The van der Waals surface area contributed by atoms with Gasteiger partial charge in [-0.2, -0.15) is 0 Å². The molecule has 0 aromatic heterocycles. The fourth-order valence-corrected chi connectivity index (χ4v) is 2.53. The van der Waals surface area contributed by atoms with E-state index in [0.717, 1.165) is 12.0 Å². The Labute approximate surface area is 123 Å². The molecule has 0 radical (unpaired) electrons. The molecule has 0 saturated carbocycles. The van der Waals surface area contributed by atoms with Gasteiger partial charge in [0.25, 0.3) is 0 Å². The summed E-state index contributed by atoms with van der Waals surface area (Å²) in [7, 11) is 0. The van der Waals surface area contributed by atoms with Crippen molar-refractivity contribution in [1.82, 2.24) is 0 Å². The Morgan fingerprint density at radius 1 is 1.48 bits per heavy atom. The molecule has 0 aliphatic carbocycles. The van der Waals surface area contributed by atoms with E-state index >= 15 is 0 Å². The molecule has 5 nitrogen and oxygen atoms in total. The van der Waals surface area contributed by atoms with Crippen molar-refractivity contribution in [2.24, 2.45) is 5.92 Å². The Kier molecular flexibility index (Phi) is 4.50. The third kappa shape index (κ3) is 3.35. The number of fused-ring (bicyclic) bond motifs is 1. The van der Waals surface area contributed by atoms with E-state index in [4.69, 9.17) is 14.6 Å². The van der Waals surface area contributed by atoms with Gasteiger partial charge in [-0.3, -0.25) is 9.59 Å². The molecule has 0 bridgehead atoms. The smallest absolute Gasteiger partial charge is 0.304 e. The molecule has 1 aliphatic rings. The lowest BCUT2D eigenvalue weighted by atomic mass is 9.94. The SMILES string of the molecule is CCOc1cc2c(cc1C(=O)C(C)CC(=O)O)OC(C)C2. The summed E-state index contributed by atoms with van der Waals surface area (Å²) in [5.74, 6) is -0.613. The predicted octanol–water partition coefficient (Wildman–Crippen LogP) is 2.70. The summed E-state index contributed by atoms with van der Waals surface area (Å²) in [5.41, 5.74) is 1.42. The van der Waals surface area contributed by atoms with Gasteiger partial charge >= 0.3 is 5.97 Å². The number of hydrogen-bond donors (Lipinski definition) is 1. The number of Topliss-reactive ketones (excluding diaryl/α,β-unsaturated/α-hetero) is 1. The quantitative estimate of drug-likeness (QED) is 0.816. The van der Waals surface area contributed by atoms with Crippen LogP contribution in [-0.2, 0) is 11.2 Å². The van der Waals surface area contributed by atoms with Crippen molar-refractivity contribution in [1.29, 1.82) is 0 Å². The van der Waals surface area contributed by atoms with Gasteiger partial charge in [0, 0.05) is 17.9 Å². The Bertz CT molecular complexity index is 564. The first-order valence-electron chi connectivity index (χ1n) is 7.14. The molecule has 0 saturated heterocycles. The lowest BCUT2D eigenvalue weighted by molar-refractivity contribution is -0.137. The molecule has 5 heteroatoms. The van der Waals surface area contributed by atoms with E-state index in [2.05, 4.69) is 0 Å². The number of aliphatic carboxylic acids is 1. The lowest BCUT2D eigenvalue weighted by Crippen LogP contribution is -2.16. The third-order valence-corrected chi connectivity index (χ3v) is 3.49. The fourth-order valence-electron chi connectivity index (χ4n) is 2.53. The van der Waals surface area contributed by atoms with Crippen LogP contribution in [0.3, 0.4) is 0 Å². The first-order valence-corrected chi connectivity index (χ1v) is 7.14. The van der Waals surface area contributed by atoms with Crippen LogP contribution in [0.5, 0.6) is 11.5 Å². The maximum Gasteiger partial charge on any atom is 0.304 e. The number of carboxylic acid groups (broad SMARTS) is 1. The Balaban J connectivity index is 2.35. The number of carbonyl (C=O) groups is 2. The van der Waals surface area contributed by atoms with Crippen molar-refractivity contribution in [2.75, 3.05) is 6.61 Å². The molecular formula is C16H20O5. The summed E-state index contributed by atoms with van der Waals surface area (Å²) < 4.78 is 11.2. The number of ketones is 1. The zero-order valence-corrected chi connectivity index (χ0v) is 12.5. The maximum atomic E-state index is 12.5. The number of benzene rings is 1. The van der Waals surface area contributed by atoms with Crippen molar-refractivity contribution in [3.63, 3.8) is 0 Å². The number of rotatable bonds is 6. The van der Waals surface area contributed by atoms with Crippen LogP contribution in [-0.4, -0.2) is 29.6 Å². The predicted molar refractivity (Wildman–Crippen MR) is 77.2 cm³/mol. The van der Waals surface area contributed by atoms with Crippen molar-refractivity contribution in [2.45, 2.75) is 39.7 Å². The minimum Gasteiger partial charge on any atom is -0.493 e. The highest BCUT2D eigenvalue weighted by Crippen LogP contribution is 2.36. The number of carboxylic acids is 1.